The Hall–Kier alpha value is -2.63. The first-order chi connectivity index (χ1) is 12.8. The van der Waals surface area contributed by atoms with Crippen LogP contribution in [0.1, 0.15) is 29.6 Å². The summed E-state index contributed by atoms with van der Waals surface area (Å²) < 4.78 is 0. The molecule has 2 aromatic rings. The standard InChI is InChI=1S/C20H25N5O/c26-20(17-7-3-1-4-8-17)25-13-11-24(12-14-25)19-15-18(21-16-22-19)23-9-5-2-6-10-23/h1,3-4,7-8,15-16H,2,5-6,9-14H2. The summed E-state index contributed by atoms with van der Waals surface area (Å²) in [5, 5.41) is 0. The smallest absolute Gasteiger partial charge is 0.253 e. The first kappa shape index (κ1) is 16.8. The van der Waals surface area contributed by atoms with Crippen LogP contribution < -0.4 is 9.80 Å². The highest BCUT2D eigenvalue weighted by atomic mass is 16.2. The van der Waals surface area contributed by atoms with Crippen molar-refractivity contribution in [2.45, 2.75) is 19.3 Å². The summed E-state index contributed by atoms with van der Waals surface area (Å²) in [5.74, 6) is 2.10. The Bertz CT molecular complexity index is 737. The van der Waals surface area contributed by atoms with Crippen molar-refractivity contribution < 1.29 is 4.79 Å². The summed E-state index contributed by atoms with van der Waals surface area (Å²) in [7, 11) is 0. The van der Waals surface area contributed by atoms with Crippen molar-refractivity contribution in [3.05, 3.63) is 48.3 Å². The molecule has 26 heavy (non-hydrogen) atoms. The molecule has 3 heterocycles. The zero-order chi connectivity index (χ0) is 17.8. The van der Waals surface area contributed by atoms with Gasteiger partial charge < -0.3 is 14.7 Å². The lowest BCUT2D eigenvalue weighted by Gasteiger charge is -2.36. The van der Waals surface area contributed by atoms with Gasteiger partial charge in [-0.15, -0.1) is 0 Å². The van der Waals surface area contributed by atoms with Crippen LogP contribution in [0.4, 0.5) is 11.6 Å². The van der Waals surface area contributed by atoms with E-state index in [1.54, 1.807) is 6.33 Å². The molecule has 0 spiro atoms. The lowest BCUT2D eigenvalue weighted by molar-refractivity contribution is 0.0746. The molecule has 1 aromatic heterocycles. The molecule has 1 amide bonds. The van der Waals surface area contributed by atoms with Crippen LogP contribution in [-0.4, -0.2) is 60.0 Å². The summed E-state index contributed by atoms with van der Waals surface area (Å²) in [5.41, 5.74) is 0.760. The number of carbonyl (C=O) groups excluding carboxylic acids is 1. The van der Waals surface area contributed by atoms with Crippen LogP contribution in [0.25, 0.3) is 0 Å². The number of hydrogen-bond acceptors (Lipinski definition) is 5. The van der Waals surface area contributed by atoms with Gasteiger partial charge in [-0.05, 0) is 31.4 Å². The Balaban J connectivity index is 1.39. The highest BCUT2D eigenvalue weighted by Crippen LogP contribution is 2.22. The number of carbonyl (C=O) groups is 1. The van der Waals surface area contributed by atoms with Crippen LogP contribution >= 0.6 is 0 Å². The number of aromatic nitrogens is 2. The highest BCUT2D eigenvalue weighted by Gasteiger charge is 2.23. The molecular formula is C20H25N5O. The molecular weight excluding hydrogens is 326 g/mol. The molecule has 2 aliphatic rings. The number of rotatable bonds is 3. The fraction of sp³-hybridized carbons (Fsp3) is 0.450. The molecule has 0 bridgehead atoms. The van der Waals surface area contributed by atoms with Crippen LogP contribution in [0, 0.1) is 0 Å². The second kappa shape index (κ2) is 7.72. The van der Waals surface area contributed by atoms with E-state index in [0.717, 1.165) is 56.5 Å². The fourth-order valence-electron chi connectivity index (χ4n) is 3.71. The molecule has 0 radical (unpaired) electrons. The Labute approximate surface area is 154 Å². The topological polar surface area (TPSA) is 52.6 Å². The molecule has 2 fully saturated rings. The summed E-state index contributed by atoms with van der Waals surface area (Å²) in [6.07, 6.45) is 5.45. The van der Waals surface area contributed by atoms with Gasteiger partial charge in [0, 0.05) is 50.9 Å². The monoisotopic (exact) mass is 351 g/mol. The van der Waals surface area contributed by atoms with Gasteiger partial charge in [-0.3, -0.25) is 4.79 Å². The average molecular weight is 351 g/mol. The van der Waals surface area contributed by atoms with Crippen molar-refractivity contribution in [2.75, 3.05) is 49.1 Å². The maximum atomic E-state index is 12.6. The summed E-state index contributed by atoms with van der Waals surface area (Å²) in [6, 6.07) is 11.6. The molecule has 0 unspecified atom stereocenters. The third-order valence-electron chi connectivity index (χ3n) is 5.23. The summed E-state index contributed by atoms with van der Waals surface area (Å²) in [6.45, 7) is 5.20. The minimum atomic E-state index is 0.113. The van der Waals surface area contributed by atoms with E-state index in [1.165, 1.54) is 19.3 Å². The van der Waals surface area contributed by atoms with Crippen LogP contribution in [0.5, 0.6) is 0 Å². The van der Waals surface area contributed by atoms with Crippen molar-refractivity contribution in [2.24, 2.45) is 0 Å². The van der Waals surface area contributed by atoms with Crippen molar-refractivity contribution in [1.29, 1.82) is 0 Å². The summed E-state index contributed by atoms with van der Waals surface area (Å²) >= 11 is 0. The van der Waals surface area contributed by atoms with Crippen LogP contribution in [0.3, 0.4) is 0 Å². The molecule has 0 atom stereocenters. The second-order valence-electron chi connectivity index (χ2n) is 6.93. The second-order valence-corrected chi connectivity index (χ2v) is 6.93. The third-order valence-corrected chi connectivity index (χ3v) is 5.23. The molecule has 6 nitrogen and oxygen atoms in total. The molecule has 2 aliphatic heterocycles. The van der Waals surface area contributed by atoms with E-state index in [4.69, 9.17) is 0 Å². The van der Waals surface area contributed by atoms with Gasteiger partial charge in [0.05, 0.1) is 0 Å². The lowest BCUT2D eigenvalue weighted by atomic mass is 10.1. The van der Waals surface area contributed by atoms with E-state index >= 15 is 0 Å². The summed E-state index contributed by atoms with van der Waals surface area (Å²) in [4.78, 5) is 28.0. The van der Waals surface area contributed by atoms with Crippen molar-refractivity contribution in [1.82, 2.24) is 14.9 Å². The third kappa shape index (κ3) is 3.64. The first-order valence-corrected chi connectivity index (χ1v) is 9.47. The van der Waals surface area contributed by atoms with Crippen LogP contribution in [0.15, 0.2) is 42.7 Å². The number of nitrogens with zero attached hydrogens (tertiary/aromatic N) is 5. The molecule has 136 valence electrons. The lowest BCUT2D eigenvalue weighted by Crippen LogP contribution is -2.49. The maximum absolute atomic E-state index is 12.6. The van der Waals surface area contributed by atoms with Crippen LogP contribution in [0.2, 0.25) is 0 Å². The highest BCUT2D eigenvalue weighted by molar-refractivity contribution is 5.94. The van der Waals surface area contributed by atoms with E-state index in [9.17, 15) is 4.79 Å². The van der Waals surface area contributed by atoms with Gasteiger partial charge in [-0.25, -0.2) is 9.97 Å². The molecule has 1 aromatic carbocycles. The quantitative estimate of drug-likeness (QED) is 0.850. The molecule has 0 N–H and O–H groups in total. The van der Waals surface area contributed by atoms with Crippen LogP contribution in [-0.2, 0) is 0 Å². The first-order valence-electron chi connectivity index (χ1n) is 9.47. The number of hydrogen-bond donors (Lipinski definition) is 0. The van der Waals surface area contributed by atoms with Crippen molar-refractivity contribution >= 4 is 17.5 Å². The molecule has 6 heteroatoms. The van der Waals surface area contributed by atoms with E-state index in [1.807, 2.05) is 35.2 Å². The largest absolute Gasteiger partial charge is 0.356 e. The maximum Gasteiger partial charge on any atom is 0.253 e. The molecule has 0 aliphatic carbocycles. The molecule has 0 saturated carbocycles. The van der Waals surface area contributed by atoms with Gasteiger partial charge in [0.1, 0.15) is 18.0 Å². The average Bonchev–Trinajstić information content (AvgIpc) is 2.75. The van der Waals surface area contributed by atoms with E-state index in [0.29, 0.717) is 0 Å². The zero-order valence-electron chi connectivity index (χ0n) is 15.0. The number of anilines is 2. The Kier molecular flexibility index (Phi) is 5.00. The van der Waals surface area contributed by atoms with Crippen molar-refractivity contribution in [3.63, 3.8) is 0 Å². The van der Waals surface area contributed by atoms with Gasteiger partial charge in [-0.1, -0.05) is 18.2 Å². The predicted octanol–water partition coefficient (Wildman–Crippen LogP) is 2.43. The fourth-order valence-corrected chi connectivity index (χ4v) is 3.71. The molecule has 2 saturated heterocycles. The zero-order valence-corrected chi connectivity index (χ0v) is 15.0. The SMILES string of the molecule is O=C(c1ccccc1)N1CCN(c2cc(N3CCCCC3)ncn2)CC1. The Morgan fingerprint density at radius 3 is 2.04 bits per heavy atom. The van der Waals surface area contributed by atoms with E-state index in [2.05, 4.69) is 25.8 Å². The van der Waals surface area contributed by atoms with E-state index in [-0.39, 0.29) is 5.91 Å². The van der Waals surface area contributed by atoms with Gasteiger partial charge in [-0.2, -0.15) is 0 Å². The Morgan fingerprint density at radius 2 is 1.38 bits per heavy atom. The van der Waals surface area contributed by atoms with Gasteiger partial charge in [0.15, 0.2) is 0 Å². The minimum absolute atomic E-state index is 0.113. The minimum Gasteiger partial charge on any atom is -0.356 e. The molecule has 4 rings (SSSR count). The van der Waals surface area contributed by atoms with Gasteiger partial charge >= 0.3 is 0 Å². The number of amides is 1. The normalized spacial score (nSPS) is 18.1. The van der Waals surface area contributed by atoms with Gasteiger partial charge in [0.2, 0.25) is 0 Å². The Morgan fingerprint density at radius 1 is 0.769 bits per heavy atom. The number of benzene rings is 1. The predicted molar refractivity (Wildman–Crippen MR) is 103 cm³/mol. The number of piperazine rings is 1. The van der Waals surface area contributed by atoms with Gasteiger partial charge in [0.25, 0.3) is 5.91 Å². The van der Waals surface area contributed by atoms with Crippen molar-refractivity contribution in [3.8, 4) is 0 Å². The van der Waals surface area contributed by atoms with E-state index < -0.39 is 0 Å². The number of piperidine rings is 1.